The summed E-state index contributed by atoms with van der Waals surface area (Å²) in [6, 6.07) is 11.5. The van der Waals surface area contributed by atoms with Gasteiger partial charge in [0.15, 0.2) is 6.10 Å². The summed E-state index contributed by atoms with van der Waals surface area (Å²) in [5.41, 5.74) is 0.684. The van der Waals surface area contributed by atoms with Gasteiger partial charge in [0.25, 0.3) is 11.5 Å². The number of thiophene rings is 1. The van der Waals surface area contributed by atoms with Crippen molar-refractivity contribution in [1.82, 2.24) is 14.5 Å². The Hall–Kier alpha value is -3.00. The number of ether oxygens (including phenoxy) is 1. The van der Waals surface area contributed by atoms with Crippen molar-refractivity contribution in [1.29, 1.82) is 0 Å². The Balaban J connectivity index is 1.82. The Morgan fingerprint density at radius 1 is 1.26 bits per heavy atom. The van der Waals surface area contributed by atoms with Gasteiger partial charge in [0.2, 0.25) is 0 Å². The van der Waals surface area contributed by atoms with E-state index in [-0.39, 0.29) is 18.0 Å². The molecule has 0 aliphatic rings. The summed E-state index contributed by atoms with van der Waals surface area (Å²) in [4.78, 5) is 43.7. The molecular formula is C19H19N3O4S. The van der Waals surface area contributed by atoms with Crippen LogP contribution in [0, 0.1) is 0 Å². The van der Waals surface area contributed by atoms with Crippen LogP contribution in [0.15, 0.2) is 47.5 Å². The van der Waals surface area contributed by atoms with Gasteiger partial charge in [0, 0.05) is 19.0 Å². The third kappa shape index (κ3) is 4.06. The highest BCUT2D eigenvalue weighted by molar-refractivity contribution is 7.21. The van der Waals surface area contributed by atoms with Crippen LogP contribution in [0.25, 0.3) is 20.7 Å². The van der Waals surface area contributed by atoms with E-state index in [9.17, 15) is 14.4 Å². The zero-order valence-electron chi connectivity index (χ0n) is 15.2. The first kappa shape index (κ1) is 18.8. The Morgan fingerprint density at radius 2 is 1.96 bits per heavy atom. The number of hydrogen-bond donors (Lipinski definition) is 0. The second-order valence-electron chi connectivity index (χ2n) is 6.24. The predicted octanol–water partition coefficient (Wildman–Crippen LogP) is 2.14. The molecular weight excluding hydrogens is 366 g/mol. The lowest BCUT2D eigenvalue weighted by Crippen LogP contribution is -2.36. The molecule has 0 spiro atoms. The van der Waals surface area contributed by atoms with Crippen molar-refractivity contribution in [3.05, 3.63) is 53.1 Å². The third-order valence-corrected chi connectivity index (χ3v) is 5.06. The Kier molecular flexibility index (Phi) is 5.36. The molecule has 140 valence electrons. The molecule has 0 aliphatic heterocycles. The minimum absolute atomic E-state index is 0.302. The van der Waals surface area contributed by atoms with Crippen molar-refractivity contribution in [2.75, 3.05) is 14.1 Å². The number of nitrogens with zero attached hydrogens (tertiary/aromatic N) is 3. The number of carbonyl (C=O) groups excluding carboxylic acids is 2. The van der Waals surface area contributed by atoms with E-state index in [0.29, 0.717) is 10.2 Å². The molecule has 0 aliphatic carbocycles. The molecule has 0 saturated carbocycles. The first-order chi connectivity index (χ1) is 12.9. The smallest absolute Gasteiger partial charge is 0.326 e. The van der Waals surface area contributed by atoms with Crippen LogP contribution < -0.4 is 5.56 Å². The van der Waals surface area contributed by atoms with Crippen molar-refractivity contribution in [2.24, 2.45) is 0 Å². The zero-order valence-corrected chi connectivity index (χ0v) is 16.0. The Morgan fingerprint density at radius 3 is 2.63 bits per heavy atom. The normalized spacial score (nSPS) is 12.0. The average Bonchev–Trinajstić information content (AvgIpc) is 3.09. The summed E-state index contributed by atoms with van der Waals surface area (Å²) in [5, 5.41) is 0.451. The molecule has 2 aromatic heterocycles. The molecule has 2 heterocycles. The third-order valence-electron chi connectivity index (χ3n) is 3.97. The molecule has 3 rings (SSSR count). The van der Waals surface area contributed by atoms with E-state index in [1.54, 1.807) is 20.2 Å². The summed E-state index contributed by atoms with van der Waals surface area (Å²) in [6.07, 6.45) is 0.418. The largest absolute Gasteiger partial charge is 0.451 e. The fourth-order valence-corrected chi connectivity index (χ4v) is 3.60. The van der Waals surface area contributed by atoms with Crippen LogP contribution in [-0.4, -0.2) is 46.5 Å². The van der Waals surface area contributed by atoms with Crippen LogP contribution in [0.3, 0.4) is 0 Å². The van der Waals surface area contributed by atoms with Crippen molar-refractivity contribution >= 4 is 33.4 Å². The zero-order chi connectivity index (χ0) is 19.6. The number of aromatic nitrogens is 2. The molecule has 0 N–H and O–H groups in total. The maximum atomic E-state index is 12.7. The second-order valence-corrected chi connectivity index (χ2v) is 7.27. The molecule has 1 atom stereocenters. The topological polar surface area (TPSA) is 81.5 Å². The highest BCUT2D eigenvalue weighted by Crippen LogP contribution is 2.30. The number of esters is 1. The lowest BCUT2D eigenvalue weighted by molar-refractivity contribution is -0.158. The van der Waals surface area contributed by atoms with Crippen molar-refractivity contribution in [3.8, 4) is 10.4 Å². The monoisotopic (exact) mass is 385 g/mol. The molecule has 0 bridgehead atoms. The summed E-state index contributed by atoms with van der Waals surface area (Å²) in [5.74, 6) is -0.992. The highest BCUT2D eigenvalue weighted by atomic mass is 32.1. The quantitative estimate of drug-likeness (QED) is 0.629. The molecule has 1 aromatic carbocycles. The van der Waals surface area contributed by atoms with Crippen molar-refractivity contribution in [3.63, 3.8) is 0 Å². The van der Waals surface area contributed by atoms with E-state index in [2.05, 4.69) is 4.98 Å². The number of hydrogen-bond acceptors (Lipinski definition) is 6. The minimum Gasteiger partial charge on any atom is -0.451 e. The van der Waals surface area contributed by atoms with Crippen LogP contribution in [0.2, 0.25) is 0 Å². The summed E-state index contributed by atoms with van der Waals surface area (Å²) in [7, 11) is 3.16. The summed E-state index contributed by atoms with van der Waals surface area (Å²) in [6.45, 7) is 1.19. The maximum absolute atomic E-state index is 12.7. The van der Waals surface area contributed by atoms with Crippen LogP contribution in [-0.2, 0) is 20.9 Å². The van der Waals surface area contributed by atoms with Gasteiger partial charge in [-0.2, -0.15) is 0 Å². The fraction of sp³-hybridized carbons (Fsp3) is 0.263. The molecule has 27 heavy (non-hydrogen) atoms. The van der Waals surface area contributed by atoms with Crippen LogP contribution >= 0.6 is 11.3 Å². The number of carbonyl (C=O) groups is 2. The second kappa shape index (κ2) is 7.71. The van der Waals surface area contributed by atoms with E-state index in [1.165, 1.54) is 34.1 Å². The van der Waals surface area contributed by atoms with Gasteiger partial charge >= 0.3 is 5.97 Å². The SMILES string of the molecule is C[C@H](OC(=O)Cn1cnc2sc(-c3ccccc3)cc2c1=O)C(=O)N(C)C. The van der Waals surface area contributed by atoms with Gasteiger partial charge in [-0.15, -0.1) is 11.3 Å². The van der Waals surface area contributed by atoms with Crippen molar-refractivity contribution in [2.45, 2.75) is 19.6 Å². The van der Waals surface area contributed by atoms with Gasteiger partial charge in [0.05, 0.1) is 11.7 Å². The molecule has 8 heteroatoms. The standard InChI is InChI=1S/C19H19N3O4S/c1-12(18(24)21(2)3)26-16(23)10-22-11-20-17-14(19(22)25)9-15(27-17)13-7-5-4-6-8-13/h4-9,11-12H,10H2,1-3H3/t12-/m0/s1. The minimum atomic E-state index is -0.911. The van der Waals surface area contributed by atoms with Gasteiger partial charge in [-0.1, -0.05) is 30.3 Å². The number of likely N-dealkylation sites (N-methyl/N-ethyl adjacent to an activating group) is 1. The predicted molar refractivity (Wildman–Crippen MR) is 104 cm³/mol. The molecule has 7 nitrogen and oxygen atoms in total. The van der Waals surface area contributed by atoms with Crippen LogP contribution in [0.1, 0.15) is 6.92 Å². The molecule has 0 saturated heterocycles. The van der Waals surface area contributed by atoms with Gasteiger partial charge in [-0.25, -0.2) is 4.98 Å². The number of rotatable bonds is 5. The van der Waals surface area contributed by atoms with Crippen LogP contribution in [0.5, 0.6) is 0 Å². The first-order valence-electron chi connectivity index (χ1n) is 8.32. The van der Waals surface area contributed by atoms with E-state index in [0.717, 1.165) is 10.4 Å². The van der Waals surface area contributed by atoms with E-state index >= 15 is 0 Å². The van der Waals surface area contributed by atoms with Gasteiger partial charge < -0.3 is 9.64 Å². The van der Waals surface area contributed by atoms with E-state index in [4.69, 9.17) is 4.74 Å². The summed E-state index contributed by atoms with van der Waals surface area (Å²) >= 11 is 1.42. The molecule has 0 unspecified atom stereocenters. The summed E-state index contributed by atoms with van der Waals surface area (Å²) < 4.78 is 6.30. The average molecular weight is 385 g/mol. The van der Waals surface area contributed by atoms with E-state index in [1.807, 2.05) is 30.3 Å². The van der Waals surface area contributed by atoms with Crippen molar-refractivity contribution < 1.29 is 14.3 Å². The van der Waals surface area contributed by atoms with Gasteiger partial charge in [-0.05, 0) is 18.6 Å². The Labute approximate surface area is 159 Å². The fourth-order valence-electron chi connectivity index (χ4n) is 2.60. The lowest BCUT2D eigenvalue weighted by atomic mass is 10.2. The van der Waals surface area contributed by atoms with E-state index < -0.39 is 12.1 Å². The van der Waals surface area contributed by atoms with Gasteiger partial charge in [0.1, 0.15) is 11.4 Å². The lowest BCUT2D eigenvalue weighted by Gasteiger charge is -2.17. The van der Waals surface area contributed by atoms with Crippen LogP contribution in [0.4, 0.5) is 0 Å². The Bertz CT molecular complexity index is 1040. The molecule has 0 radical (unpaired) electrons. The number of amides is 1. The highest BCUT2D eigenvalue weighted by Gasteiger charge is 2.20. The number of benzene rings is 1. The van der Waals surface area contributed by atoms with Gasteiger partial charge in [-0.3, -0.25) is 19.0 Å². The molecule has 1 amide bonds. The molecule has 3 aromatic rings. The first-order valence-corrected chi connectivity index (χ1v) is 9.13. The molecule has 0 fully saturated rings. The maximum Gasteiger partial charge on any atom is 0.326 e. The number of fused-ring (bicyclic) bond motifs is 1.